The molecule has 0 saturated heterocycles. The second-order valence-corrected chi connectivity index (χ2v) is 21.8. The van der Waals surface area contributed by atoms with Crippen LogP contribution in [0, 0.1) is 56.7 Å². The zero-order valence-electron chi connectivity index (χ0n) is 36.5. The van der Waals surface area contributed by atoms with E-state index in [4.69, 9.17) is 9.72 Å². The quantitative estimate of drug-likeness (QED) is 0.198. The molecule has 56 heavy (non-hydrogen) atoms. The molecule has 8 nitrogen and oxygen atoms in total. The van der Waals surface area contributed by atoms with Gasteiger partial charge in [0.05, 0.1) is 23.1 Å². The molecule has 7 rings (SSSR count). The van der Waals surface area contributed by atoms with Gasteiger partial charge in [-0.25, -0.2) is 0 Å². The Labute approximate surface area is 338 Å². The number of Topliss-reactive ketones (excluding diaryl/α,β-unsaturated/α-hetero) is 1. The smallest absolute Gasteiger partial charge is 0.309 e. The first kappa shape index (κ1) is 41.6. The molecule has 8 atom stereocenters. The Kier molecular flexibility index (Phi) is 10.8. The number of carbonyl (C=O) groups excluding carboxylic acids is 2. The van der Waals surface area contributed by atoms with Gasteiger partial charge < -0.3 is 14.7 Å². The van der Waals surface area contributed by atoms with E-state index in [0.29, 0.717) is 35.9 Å². The summed E-state index contributed by atoms with van der Waals surface area (Å²) in [6, 6.07) is 6.38. The van der Waals surface area contributed by atoms with E-state index in [-0.39, 0.29) is 45.6 Å². The van der Waals surface area contributed by atoms with Gasteiger partial charge in [0.25, 0.3) is 0 Å². The molecule has 5 fully saturated rings. The number of likely N-dealkylation sites (N-methyl/N-ethyl adjacent to an activating group) is 1. The Morgan fingerprint density at radius 3 is 2.25 bits per heavy atom. The minimum atomic E-state index is -1.15. The number of carboxylic acid groups (broad SMARTS) is 1. The molecular weight excluding hydrogens is 699 g/mol. The average molecular weight is 772 g/mol. The Balaban J connectivity index is 1.13. The molecule has 6 aliphatic carbocycles. The number of nitrogens with zero attached hydrogens (tertiary/aromatic N) is 3. The first-order valence-corrected chi connectivity index (χ1v) is 22.2. The lowest BCUT2D eigenvalue weighted by Crippen LogP contribution is -2.63. The summed E-state index contributed by atoms with van der Waals surface area (Å²) >= 11 is 0. The van der Waals surface area contributed by atoms with Crippen molar-refractivity contribution in [2.45, 2.75) is 151 Å². The van der Waals surface area contributed by atoms with Gasteiger partial charge in [0.2, 0.25) is 0 Å². The molecule has 310 valence electrons. The van der Waals surface area contributed by atoms with Crippen LogP contribution in [0.5, 0.6) is 0 Å². The lowest BCUT2D eigenvalue weighted by Gasteiger charge is -2.69. The van der Waals surface area contributed by atoms with Crippen molar-refractivity contribution in [2.24, 2.45) is 56.7 Å². The average Bonchev–Trinajstić information content (AvgIpc) is 3.86. The van der Waals surface area contributed by atoms with E-state index in [9.17, 15) is 19.5 Å². The van der Waals surface area contributed by atoms with Crippen LogP contribution in [0.4, 0.5) is 0 Å². The zero-order chi connectivity index (χ0) is 40.6. The summed E-state index contributed by atoms with van der Waals surface area (Å²) in [6.07, 6.45) is 14.5. The zero-order valence-corrected chi connectivity index (χ0v) is 36.5. The number of rotatable bonds is 13. The lowest BCUT2D eigenvalue weighted by atomic mass is 9.36. The van der Waals surface area contributed by atoms with Gasteiger partial charge in [-0.05, 0) is 163 Å². The summed E-state index contributed by atoms with van der Waals surface area (Å²) in [7, 11) is 4.34. The fourth-order valence-electron chi connectivity index (χ4n) is 14.3. The van der Waals surface area contributed by atoms with E-state index >= 15 is 0 Å². The molecule has 1 aromatic rings. The van der Waals surface area contributed by atoms with Crippen molar-refractivity contribution in [3.8, 4) is 0 Å². The Hall–Kier alpha value is -2.58. The highest BCUT2D eigenvalue weighted by molar-refractivity contribution is 6.00. The van der Waals surface area contributed by atoms with Gasteiger partial charge in [-0.1, -0.05) is 53.2 Å². The Morgan fingerprint density at radius 1 is 0.911 bits per heavy atom. The molecule has 0 bridgehead atoms. The number of carbonyl (C=O) groups is 3. The number of carboxylic acids is 1. The second kappa shape index (κ2) is 14.6. The standard InChI is InChI=1S/C48H73N3O5/c1-31(2)40-34(52)29-47(24-26-51(28-27-50(9)10)48(22-23-48)37-13-11-12-25-49-37)21-16-33-32(41(40)47)14-15-36-45(33,7)19-17-35-44(5,6)38(18-20-46(35,36)8)56-39(53)30-43(3,4)42(54)55/h11-13,25,31-33,35-36,38H,14-24,26-30H2,1-10H3,(H,54,55). The first-order chi connectivity index (χ1) is 26.2. The predicted molar refractivity (Wildman–Crippen MR) is 221 cm³/mol. The monoisotopic (exact) mass is 772 g/mol. The number of allylic oxidation sites excluding steroid dienone is 2. The molecule has 0 amide bonds. The third kappa shape index (κ3) is 6.82. The summed E-state index contributed by atoms with van der Waals surface area (Å²) in [5.41, 5.74) is 2.92. The maximum Gasteiger partial charge on any atom is 0.309 e. The van der Waals surface area contributed by atoms with Crippen LogP contribution in [-0.4, -0.2) is 77.4 Å². The maximum atomic E-state index is 14.3. The summed E-state index contributed by atoms with van der Waals surface area (Å²) in [5.74, 6) is 1.35. The topological polar surface area (TPSA) is 100 Å². The summed E-state index contributed by atoms with van der Waals surface area (Å²) < 4.78 is 6.20. The van der Waals surface area contributed by atoms with Crippen molar-refractivity contribution in [2.75, 3.05) is 33.7 Å². The third-order valence-corrected chi connectivity index (χ3v) is 17.3. The second-order valence-electron chi connectivity index (χ2n) is 21.8. The number of fused-ring (bicyclic) bond motifs is 7. The number of ketones is 1. The molecule has 5 saturated carbocycles. The summed E-state index contributed by atoms with van der Waals surface area (Å²) in [4.78, 5) is 49.1. The van der Waals surface area contributed by atoms with Crippen molar-refractivity contribution >= 4 is 17.7 Å². The van der Waals surface area contributed by atoms with E-state index in [1.807, 2.05) is 12.3 Å². The first-order valence-electron chi connectivity index (χ1n) is 22.2. The van der Waals surface area contributed by atoms with E-state index in [0.717, 1.165) is 64.6 Å². The van der Waals surface area contributed by atoms with Crippen LogP contribution >= 0.6 is 0 Å². The van der Waals surface area contributed by atoms with Crippen LogP contribution in [-0.2, 0) is 24.7 Å². The lowest BCUT2D eigenvalue weighted by molar-refractivity contribution is -0.214. The van der Waals surface area contributed by atoms with Crippen molar-refractivity contribution < 1.29 is 24.2 Å². The number of aromatic nitrogens is 1. The molecular formula is C48H73N3O5. The Morgan fingerprint density at radius 2 is 1.62 bits per heavy atom. The minimum Gasteiger partial charge on any atom is -0.481 e. The number of hydrogen-bond acceptors (Lipinski definition) is 7. The molecule has 0 aromatic carbocycles. The fourth-order valence-corrected chi connectivity index (χ4v) is 14.3. The van der Waals surface area contributed by atoms with E-state index in [1.165, 1.54) is 37.0 Å². The molecule has 1 heterocycles. The van der Waals surface area contributed by atoms with Gasteiger partial charge in [0, 0.05) is 36.5 Å². The van der Waals surface area contributed by atoms with E-state index < -0.39 is 17.4 Å². The van der Waals surface area contributed by atoms with Crippen LogP contribution in [0.3, 0.4) is 0 Å². The number of ether oxygens (including phenoxy) is 1. The fraction of sp³-hybridized carbons (Fsp3) is 0.792. The van der Waals surface area contributed by atoms with Gasteiger partial charge in [-0.2, -0.15) is 0 Å². The van der Waals surface area contributed by atoms with Gasteiger partial charge in [-0.15, -0.1) is 0 Å². The van der Waals surface area contributed by atoms with Gasteiger partial charge in [0.1, 0.15) is 6.10 Å². The molecule has 0 spiro atoms. The molecule has 0 radical (unpaired) electrons. The van der Waals surface area contributed by atoms with Crippen molar-refractivity contribution in [3.63, 3.8) is 0 Å². The van der Waals surface area contributed by atoms with Crippen molar-refractivity contribution in [1.29, 1.82) is 0 Å². The third-order valence-electron chi connectivity index (χ3n) is 17.3. The largest absolute Gasteiger partial charge is 0.481 e. The molecule has 1 aromatic heterocycles. The number of hydrogen-bond donors (Lipinski definition) is 1. The van der Waals surface area contributed by atoms with Gasteiger partial charge in [0.15, 0.2) is 5.78 Å². The maximum absolute atomic E-state index is 14.3. The van der Waals surface area contributed by atoms with Crippen molar-refractivity contribution in [1.82, 2.24) is 14.8 Å². The normalized spacial score (nSPS) is 35.9. The molecule has 8 unspecified atom stereocenters. The molecule has 8 heteroatoms. The van der Waals surface area contributed by atoms with E-state index in [1.54, 1.807) is 19.4 Å². The highest BCUT2D eigenvalue weighted by atomic mass is 16.5. The van der Waals surface area contributed by atoms with Crippen LogP contribution in [0.15, 0.2) is 35.5 Å². The molecule has 0 aliphatic heterocycles. The van der Waals surface area contributed by atoms with Gasteiger partial charge in [-0.3, -0.25) is 24.3 Å². The highest BCUT2D eigenvalue weighted by Crippen LogP contribution is 2.73. The summed E-state index contributed by atoms with van der Waals surface area (Å²) in [6.45, 7) is 20.6. The number of esters is 1. The molecule has 1 N–H and O–H groups in total. The minimum absolute atomic E-state index is 0.0122. The Bertz CT molecular complexity index is 1710. The van der Waals surface area contributed by atoms with E-state index in [2.05, 4.69) is 77.6 Å². The van der Waals surface area contributed by atoms with Crippen LogP contribution < -0.4 is 0 Å². The highest BCUT2D eigenvalue weighted by Gasteiger charge is 2.67. The van der Waals surface area contributed by atoms with Crippen molar-refractivity contribution in [3.05, 3.63) is 41.2 Å². The van der Waals surface area contributed by atoms with Gasteiger partial charge >= 0.3 is 11.9 Å². The number of pyridine rings is 1. The van der Waals surface area contributed by atoms with Crippen LogP contribution in [0.25, 0.3) is 0 Å². The number of aliphatic carboxylic acids is 1. The van der Waals surface area contributed by atoms with Crippen LogP contribution in [0.2, 0.25) is 0 Å². The summed E-state index contributed by atoms with van der Waals surface area (Å²) in [5, 5.41) is 9.65. The van der Waals surface area contributed by atoms with Crippen LogP contribution in [0.1, 0.15) is 145 Å². The SMILES string of the molecule is CC(C)C1=C2C3CCC4C(C)(CCC5C(C)(C)C(OC(=O)CC(C)(C)C(=O)O)CCC54C)C3CCC2(CCN(CCN(C)C)C2(c3ccccn3)CC2)CC1=O. The molecule has 6 aliphatic rings. The predicted octanol–water partition coefficient (Wildman–Crippen LogP) is 9.33.